The van der Waals surface area contributed by atoms with E-state index < -0.39 is 6.10 Å². The number of hydrogen-bond acceptors (Lipinski definition) is 2. The fourth-order valence-corrected chi connectivity index (χ4v) is 1.41. The van der Waals surface area contributed by atoms with Crippen LogP contribution in [0.2, 0.25) is 0 Å². The molecule has 2 nitrogen and oxygen atoms in total. The van der Waals surface area contributed by atoms with Gasteiger partial charge in [-0.25, -0.2) is 0 Å². The topological polar surface area (TPSA) is 29.5 Å². The molecule has 1 aliphatic rings. The largest absolute Gasteiger partial charge is 0.389 e. The Morgan fingerprint density at radius 2 is 2.22 bits per heavy atom. The van der Waals surface area contributed by atoms with E-state index in [-0.39, 0.29) is 16.9 Å². The number of aliphatic hydroxyl groups excluding tert-OH is 1. The summed E-state index contributed by atoms with van der Waals surface area (Å²) < 4.78 is 5.07. The number of ether oxygens (including phenoxy) is 1. The standard InChI is InChI=1S/C5H8BBrO2/c1-2-4(8)3(7)5(6)9-2/h2-5,8H,1H3/t2-,3-,4-,5-/m1/s1. The van der Waals surface area contributed by atoms with Crippen LogP contribution in [-0.2, 0) is 4.74 Å². The highest BCUT2D eigenvalue weighted by Crippen LogP contribution is 2.24. The molecule has 0 bridgehead atoms. The molecule has 1 aliphatic heterocycles. The fraction of sp³-hybridized carbons (Fsp3) is 1.00. The van der Waals surface area contributed by atoms with E-state index in [1.54, 1.807) is 6.92 Å². The van der Waals surface area contributed by atoms with Crippen molar-refractivity contribution in [2.45, 2.75) is 30.0 Å². The summed E-state index contributed by atoms with van der Waals surface area (Å²) in [4.78, 5) is -0.118. The zero-order valence-corrected chi connectivity index (χ0v) is 6.71. The van der Waals surface area contributed by atoms with E-state index in [9.17, 15) is 5.11 Å². The summed E-state index contributed by atoms with van der Waals surface area (Å²) in [5, 5.41) is 9.18. The number of aliphatic hydroxyl groups is 1. The quantitative estimate of drug-likeness (QED) is 0.432. The maximum Gasteiger partial charge on any atom is 0.110 e. The van der Waals surface area contributed by atoms with Gasteiger partial charge in [-0.2, -0.15) is 0 Å². The third-order valence-corrected chi connectivity index (χ3v) is 2.56. The van der Waals surface area contributed by atoms with Crippen LogP contribution in [0.25, 0.3) is 0 Å². The average Bonchev–Trinajstić information content (AvgIpc) is 1.98. The lowest BCUT2D eigenvalue weighted by Crippen LogP contribution is -2.26. The van der Waals surface area contributed by atoms with Gasteiger partial charge < -0.3 is 9.84 Å². The highest BCUT2D eigenvalue weighted by molar-refractivity contribution is 9.09. The minimum absolute atomic E-state index is 0.118. The summed E-state index contributed by atoms with van der Waals surface area (Å²) in [6.07, 6.45) is -0.621. The molecule has 1 rings (SSSR count). The first-order valence-electron chi connectivity index (χ1n) is 2.86. The first kappa shape index (κ1) is 7.57. The molecule has 1 saturated heterocycles. The molecule has 0 aromatic carbocycles. The van der Waals surface area contributed by atoms with Crippen LogP contribution < -0.4 is 0 Å². The number of hydrogen-bond donors (Lipinski definition) is 1. The average molecular weight is 191 g/mol. The van der Waals surface area contributed by atoms with Gasteiger partial charge in [0.1, 0.15) is 7.85 Å². The van der Waals surface area contributed by atoms with Crippen molar-refractivity contribution < 1.29 is 9.84 Å². The molecule has 0 unspecified atom stereocenters. The summed E-state index contributed by atoms with van der Waals surface area (Å²) in [5.41, 5.74) is 0. The summed E-state index contributed by atoms with van der Waals surface area (Å²) in [7, 11) is 5.43. The molecule has 0 aromatic heterocycles. The molecule has 0 amide bonds. The first-order valence-corrected chi connectivity index (χ1v) is 3.77. The Morgan fingerprint density at radius 3 is 2.33 bits per heavy atom. The van der Waals surface area contributed by atoms with E-state index in [4.69, 9.17) is 12.6 Å². The van der Waals surface area contributed by atoms with Gasteiger partial charge in [0.25, 0.3) is 0 Å². The smallest absolute Gasteiger partial charge is 0.110 e. The normalized spacial score (nSPS) is 51.9. The lowest BCUT2D eigenvalue weighted by Gasteiger charge is -2.07. The molecular weight excluding hydrogens is 183 g/mol. The van der Waals surface area contributed by atoms with E-state index in [1.165, 1.54) is 0 Å². The molecule has 0 aromatic rings. The Hall–Kier alpha value is 0.465. The van der Waals surface area contributed by atoms with Crippen LogP contribution in [0, 0.1) is 0 Å². The van der Waals surface area contributed by atoms with Crippen molar-refractivity contribution >= 4 is 23.8 Å². The molecular formula is C5H8BBrO2. The lowest BCUT2D eigenvalue weighted by molar-refractivity contribution is 0.0457. The van der Waals surface area contributed by atoms with Crippen LogP contribution in [0.1, 0.15) is 6.92 Å². The van der Waals surface area contributed by atoms with Gasteiger partial charge in [-0.05, 0) is 6.92 Å². The summed E-state index contributed by atoms with van der Waals surface area (Å²) in [6.45, 7) is 1.80. The van der Waals surface area contributed by atoms with E-state index in [0.29, 0.717) is 0 Å². The molecule has 4 atom stereocenters. The Labute approximate surface area is 64.1 Å². The van der Waals surface area contributed by atoms with E-state index in [2.05, 4.69) is 15.9 Å². The maximum atomic E-state index is 9.18. The first-order chi connectivity index (χ1) is 4.13. The SMILES string of the molecule is [B][C@@H]1O[C@H](C)[C@@H](O)[C@H]1Br. The molecule has 0 saturated carbocycles. The molecule has 9 heavy (non-hydrogen) atoms. The van der Waals surface area contributed by atoms with Crippen LogP contribution in [0.15, 0.2) is 0 Å². The second-order valence-electron chi connectivity index (χ2n) is 2.24. The summed E-state index contributed by atoms with van der Waals surface area (Å²) >= 11 is 3.21. The van der Waals surface area contributed by atoms with E-state index in [0.717, 1.165) is 0 Å². The highest BCUT2D eigenvalue weighted by atomic mass is 79.9. The van der Waals surface area contributed by atoms with Crippen molar-refractivity contribution in [3.05, 3.63) is 0 Å². The molecule has 0 aliphatic carbocycles. The third-order valence-electron chi connectivity index (χ3n) is 1.49. The van der Waals surface area contributed by atoms with Crippen molar-refractivity contribution in [2.24, 2.45) is 0 Å². The van der Waals surface area contributed by atoms with Crippen molar-refractivity contribution in [1.29, 1.82) is 0 Å². The molecule has 4 heteroatoms. The van der Waals surface area contributed by atoms with Gasteiger partial charge in [0.05, 0.1) is 17.0 Å². The Bertz CT molecular complexity index is 99.1. The van der Waals surface area contributed by atoms with Gasteiger partial charge >= 0.3 is 0 Å². The monoisotopic (exact) mass is 190 g/mol. The predicted molar refractivity (Wildman–Crippen MR) is 38.8 cm³/mol. The van der Waals surface area contributed by atoms with Gasteiger partial charge in [0.15, 0.2) is 0 Å². The summed E-state index contributed by atoms with van der Waals surface area (Å²) in [6, 6.07) is -0.366. The molecule has 1 N–H and O–H groups in total. The molecule has 1 heterocycles. The maximum absolute atomic E-state index is 9.18. The van der Waals surface area contributed by atoms with Crippen molar-refractivity contribution in [3.8, 4) is 0 Å². The third kappa shape index (κ3) is 1.31. The van der Waals surface area contributed by atoms with Gasteiger partial charge in [-0.3, -0.25) is 0 Å². The predicted octanol–water partition coefficient (Wildman–Crippen LogP) is 0.0241. The minimum Gasteiger partial charge on any atom is -0.389 e. The van der Waals surface area contributed by atoms with Crippen LogP contribution >= 0.6 is 15.9 Å². The number of rotatable bonds is 0. The second-order valence-corrected chi connectivity index (χ2v) is 3.30. The Balaban J connectivity index is 2.54. The van der Waals surface area contributed by atoms with Gasteiger partial charge in [-0.1, -0.05) is 15.9 Å². The second kappa shape index (κ2) is 2.60. The highest BCUT2D eigenvalue weighted by Gasteiger charge is 2.36. The van der Waals surface area contributed by atoms with Crippen LogP contribution in [0.5, 0.6) is 0 Å². The zero-order valence-electron chi connectivity index (χ0n) is 5.12. The molecule has 0 spiro atoms. The van der Waals surface area contributed by atoms with Gasteiger partial charge in [-0.15, -0.1) is 0 Å². The lowest BCUT2D eigenvalue weighted by atomic mass is 9.96. The Morgan fingerprint density at radius 1 is 1.67 bits per heavy atom. The van der Waals surface area contributed by atoms with Crippen LogP contribution in [0.4, 0.5) is 0 Å². The van der Waals surface area contributed by atoms with E-state index in [1.807, 2.05) is 0 Å². The van der Waals surface area contributed by atoms with Crippen molar-refractivity contribution in [1.82, 2.24) is 0 Å². The molecule has 2 radical (unpaired) electrons. The van der Waals surface area contributed by atoms with Gasteiger partial charge in [0.2, 0.25) is 0 Å². The van der Waals surface area contributed by atoms with Crippen molar-refractivity contribution in [3.63, 3.8) is 0 Å². The number of halogens is 1. The molecule has 50 valence electrons. The zero-order chi connectivity index (χ0) is 7.02. The minimum atomic E-state index is -0.472. The molecule has 1 fully saturated rings. The van der Waals surface area contributed by atoms with E-state index >= 15 is 0 Å². The van der Waals surface area contributed by atoms with Crippen LogP contribution in [-0.4, -0.2) is 36.0 Å². The number of alkyl halides is 1. The van der Waals surface area contributed by atoms with Gasteiger partial charge in [0, 0.05) is 6.00 Å². The fourth-order valence-electron chi connectivity index (χ4n) is 0.857. The Kier molecular flexibility index (Phi) is 2.19. The van der Waals surface area contributed by atoms with Crippen LogP contribution in [0.3, 0.4) is 0 Å². The van der Waals surface area contributed by atoms with Crippen molar-refractivity contribution in [2.75, 3.05) is 0 Å². The summed E-state index contributed by atoms with van der Waals surface area (Å²) in [5.74, 6) is 0.